The first kappa shape index (κ1) is 20.5. The van der Waals surface area contributed by atoms with Gasteiger partial charge < -0.3 is 10.2 Å². The molecule has 0 bridgehead atoms. The molecule has 0 unspecified atom stereocenters. The van der Waals surface area contributed by atoms with Crippen LogP contribution in [0.3, 0.4) is 0 Å². The van der Waals surface area contributed by atoms with Crippen molar-refractivity contribution in [3.8, 4) is 11.3 Å². The summed E-state index contributed by atoms with van der Waals surface area (Å²) in [6.45, 7) is 3.91. The van der Waals surface area contributed by atoms with Gasteiger partial charge in [-0.2, -0.15) is 5.10 Å². The maximum absolute atomic E-state index is 13.0. The smallest absolute Gasteiger partial charge is 0.225 e. The first-order valence-corrected chi connectivity index (χ1v) is 10.3. The van der Waals surface area contributed by atoms with E-state index in [4.69, 9.17) is 0 Å². The lowest BCUT2D eigenvalue weighted by atomic mass is 9.92. The Hall–Kier alpha value is -2.21. The van der Waals surface area contributed by atoms with E-state index in [1.54, 1.807) is 12.1 Å². The van der Waals surface area contributed by atoms with Gasteiger partial charge in [0.2, 0.25) is 5.91 Å². The highest BCUT2D eigenvalue weighted by Crippen LogP contribution is 2.20. The molecule has 1 fully saturated rings. The Morgan fingerprint density at radius 2 is 2.04 bits per heavy atom. The Balaban J connectivity index is 1.35. The van der Waals surface area contributed by atoms with Gasteiger partial charge in [-0.15, -0.1) is 0 Å². The topological polar surface area (TPSA) is 61.0 Å². The maximum Gasteiger partial charge on any atom is 0.225 e. The molecule has 2 heterocycles. The van der Waals surface area contributed by atoms with Crippen molar-refractivity contribution in [2.24, 2.45) is 5.92 Å². The highest BCUT2D eigenvalue weighted by Gasteiger charge is 2.26. The second-order valence-electron chi connectivity index (χ2n) is 7.93. The summed E-state index contributed by atoms with van der Waals surface area (Å²) in [5, 5.41) is 10.8. The summed E-state index contributed by atoms with van der Waals surface area (Å²) in [6.07, 6.45) is 5.96. The average Bonchev–Trinajstić information content (AvgIpc) is 3.16. The predicted molar refractivity (Wildman–Crippen MR) is 109 cm³/mol. The second kappa shape index (κ2) is 9.82. The van der Waals surface area contributed by atoms with E-state index in [0.717, 1.165) is 68.6 Å². The third-order valence-electron chi connectivity index (χ3n) is 5.56. The molecular formula is C22H31FN4O. The fourth-order valence-electron chi connectivity index (χ4n) is 3.88. The molecule has 6 heteroatoms. The van der Waals surface area contributed by atoms with Crippen LogP contribution in [0.15, 0.2) is 30.3 Å². The van der Waals surface area contributed by atoms with Crippen LogP contribution in [-0.4, -0.2) is 47.2 Å². The minimum absolute atomic E-state index is 0.177. The number of piperidine rings is 1. The van der Waals surface area contributed by atoms with Gasteiger partial charge in [0.1, 0.15) is 5.82 Å². The van der Waals surface area contributed by atoms with Crippen molar-refractivity contribution in [1.29, 1.82) is 0 Å². The summed E-state index contributed by atoms with van der Waals surface area (Å²) in [7, 11) is 1.93. The molecule has 5 nitrogen and oxygen atoms in total. The van der Waals surface area contributed by atoms with E-state index in [1.807, 2.05) is 18.0 Å². The first-order chi connectivity index (χ1) is 13.5. The fourth-order valence-corrected chi connectivity index (χ4v) is 3.88. The van der Waals surface area contributed by atoms with Crippen LogP contribution in [0, 0.1) is 11.7 Å². The number of carbonyl (C=O) groups excluding carboxylic acids is 1. The van der Waals surface area contributed by atoms with E-state index in [-0.39, 0.29) is 11.7 Å². The quantitative estimate of drug-likeness (QED) is 0.679. The Kier molecular flexibility index (Phi) is 7.20. The van der Waals surface area contributed by atoms with E-state index in [9.17, 15) is 9.18 Å². The highest BCUT2D eigenvalue weighted by molar-refractivity contribution is 5.78. The summed E-state index contributed by atoms with van der Waals surface area (Å²) in [4.78, 5) is 14.5. The van der Waals surface area contributed by atoms with Crippen molar-refractivity contribution in [3.05, 3.63) is 41.8 Å². The number of unbranched alkanes of at least 4 members (excludes halogenated alkanes) is 2. The number of aromatic amines is 1. The van der Waals surface area contributed by atoms with Crippen molar-refractivity contribution in [2.75, 3.05) is 20.1 Å². The standard InChI is InChI=1S/C22H31FN4O/c1-16-14-18(11-12-24-16)22(28)27(2)13-5-3-4-6-20-15-21(26-25-20)17-7-9-19(23)10-8-17/h7-10,15-16,18,24H,3-6,11-14H2,1-2H3,(H,25,26)/t16-,18-/m0/s1. The summed E-state index contributed by atoms with van der Waals surface area (Å²) < 4.78 is 13.0. The fraction of sp³-hybridized carbons (Fsp3) is 0.545. The van der Waals surface area contributed by atoms with Crippen LogP contribution in [-0.2, 0) is 11.2 Å². The Bertz CT molecular complexity index is 758. The zero-order valence-electron chi connectivity index (χ0n) is 16.9. The van der Waals surface area contributed by atoms with Crippen LogP contribution < -0.4 is 5.32 Å². The Morgan fingerprint density at radius 1 is 1.25 bits per heavy atom. The van der Waals surface area contributed by atoms with Gasteiger partial charge in [-0.1, -0.05) is 6.42 Å². The summed E-state index contributed by atoms with van der Waals surface area (Å²) in [5.74, 6) is 0.236. The molecule has 1 amide bonds. The number of aromatic nitrogens is 2. The number of carbonyl (C=O) groups is 1. The van der Waals surface area contributed by atoms with E-state index < -0.39 is 0 Å². The van der Waals surface area contributed by atoms with E-state index in [2.05, 4.69) is 22.4 Å². The number of benzene rings is 1. The minimum atomic E-state index is -0.238. The Morgan fingerprint density at radius 3 is 2.79 bits per heavy atom. The molecule has 3 rings (SSSR count). The van der Waals surface area contributed by atoms with Crippen LogP contribution in [0.1, 0.15) is 44.7 Å². The van der Waals surface area contributed by atoms with Gasteiger partial charge in [-0.3, -0.25) is 9.89 Å². The third kappa shape index (κ3) is 5.64. The van der Waals surface area contributed by atoms with Gasteiger partial charge in [0, 0.05) is 36.8 Å². The maximum atomic E-state index is 13.0. The van der Waals surface area contributed by atoms with E-state index >= 15 is 0 Å². The number of H-pyrrole nitrogens is 1. The molecule has 0 aliphatic carbocycles. The molecule has 152 valence electrons. The monoisotopic (exact) mass is 386 g/mol. The molecule has 1 aromatic carbocycles. The number of hydrogen-bond acceptors (Lipinski definition) is 3. The van der Waals surface area contributed by atoms with Crippen LogP contribution in [0.25, 0.3) is 11.3 Å². The molecule has 1 aromatic heterocycles. The van der Waals surface area contributed by atoms with Crippen molar-refractivity contribution in [3.63, 3.8) is 0 Å². The van der Waals surface area contributed by atoms with Crippen LogP contribution >= 0.6 is 0 Å². The first-order valence-electron chi connectivity index (χ1n) is 10.3. The van der Waals surface area contributed by atoms with Gasteiger partial charge in [0.15, 0.2) is 0 Å². The van der Waals surface area contributed by atoms with Crippen molar-refractivity contribution in [2.45, 2.75) is 51.5 Å². The lowest BCUT2D eigenvalue weighted by Gasteiger charge is -2.30. The molecular weight excluding hydrogens is 355 g/mol. The molecule has 0 saturated carbocycles. The molecule has 2 aromatic rings. The Labute approximate surface area is 166 Å². The number of hydrogen-bond donors (Lipinski definition) is 2. The van der Waals surface area contributed by atoms with Crippen LogP contribution in [0.2, 0.25) is 0 Å². The van der Waals surface area contributed by atoms with Crippen LogP contribution in [0.4, 0.5) is 4.39 Å². The molecule has 1 aliphatic rings. The molecule has 2 atom stereocenters. The zero-order valence-corrected chi connectivity index (χ0v) is 16.9. The lowest BCUT2D eigenvalue weighted by molar-refractivity contribution is -0.135. The minimum Gasteiger partial charge on any atom is -0.346 e. The number of nitrogens with zero attached hydrogens (tertiary/aromatic N) is 2. The second-order valence-corrected chi connectivity index (χ2v) is 7.93. The highest BCUT2D eigenvalue weighted by atomic mass is 19.1. The summed E-state index contributed by atoms with van der Waals surface area (Å²) in [5.41, 5.74) is 2.85. The van der Waals surface area contributed by atoms with Crippen molar-refractivity contribution in [1.82, 2.24) is 20.4 Å². The summed E-state index contributed by atoms with van der Waals surface area (Å²) >= 11 is 0. The zero-order chi connectivity index (χ0) is 19.9. The van der Waals surface area contributed by atoms with E-state index in [0.29, 0.717) is 11.9 Å². The number of rotatable bonds is 8. The number of amides is 1. The van der Waals surface area contributed by atoms with Gasteiger partial charge >= 0.3 is 0 Å². The van der Waals surface area contributed by atoms with Crippen molar-refractivity contribution < 1.29 is 9.18 Å². The van der Waals surface area contributed by atoms with Gasteiger partial charge in [0.05, 0.1) is 5.69 Å². The van der Waals surface area contributed by atoms with E-state index in [1.165, 1.54) is 12.1 Å². The predicted octanol–water partition coefficient (Wildman–Crippen LogP) is 3.78. The van der Waals surface area contributed by atoms with Gasteiger partial charge in [-0.25, -0.2) is 4.39 Å². The third-order valence-corrected chi connectivity index (χ3v) is 5.56. The molecule has 0 spiro atoms. The normalized spacial score (nSPS) is 19.5. The number of nitrogens with one attached hydrogen (secondary N) is 2. The van der Waals surface area contributed by atoms with Gasteiger partial charge in [-0.05, 0) is 75.9 Å². The lowest BCUT2D eigenvalue weighted by Crippen LogP contribution is -2.43. The van der Waals surface area contributed by atoms with Crippen LogP contribution in [0.5, 0.6) is 0 Å². The largest absolute Gasteiger partial charge is 0.346 e. The van der Waals surface area contributed by atoms with Crippen molar-refractivity contribution >= 4 is 5.91 Å². The molecule has 0 radical (unpaired) electrons. The molecule has 1 saturated heterocycles. The molecule has 28 heavy (non-hydrogen) atoms. The summed E-state index contributed by atoms with van der Waals surface area (Å²) in [6, 6.07) is 8.85. The average molecular weight is 387 g/mol. The SMILES string of the molecule is C[C@H]1C[C@@H](C(=O)N(C)CCCCCc2cc(-c3ccc(F)cc3)n[nH]2)CCN1. The molecule has 1 aliphatic heterocycles. The number of halogens is 1. The molecule has 2 N–H and O–H groups in total. The number of aryl methyl sites for hydroxylation is 1. The van der Waals surface area contributed by atoms with Gasteiger partial charge in [0.25, 0.3) is 0 Å².